The fraction of sp³-hybridized carbons (Fsp3) is 0.294. The molecule has 0 aliphatic rings. The zero-order valence-corrected chi connectivity index (χ0v) is 13.4. The molecule has 1 aromatic carbocycles. The summed E-state index contributed by atoms with van der Waals surface area (Å²) in [6.07, 6.45) is 2.04. The van der Waals surface area contributed by atoms with E-state index in [0.29, 0.717) is 17.8 Å². The lowest BCUT2D eigenvalue weighted by molar-refractivity contribution is 0.363. The molecule has 0 unspecified atom stereocenters. The Kier molecular flexibility index (Phi) is 3.49. The van der Waals surface area contributed by atoms with Gasteiger partial charge in [-0.15, -0.1) is 0 Å². The fourth-order valence-corrected chi connectivity index (χ4v) is 2.58. The average Bonchev–Trinajstić information content (AvgIpc) is 2.88. The van der Waals surface area contributed by atoms with Crippen LogP contribution >= 0.6 is 0 Å². The van der Waals surface area contributed by atoms with E-state index in [9.17, 15) is 0 Å². The number of hydrogen-bond acceptors (Lipinski definition) is 5. The minimum Gasteiger partial charge on any atom is -0.383 e. The Labute approximate surface area is 134 Å². The van der Waals surface area contributed by atoms with Gasteiger partial charge in [0.1, 0.15) is 12.1 Å². The molecule has 0 amide bonds. The van der Waals surface area contributed by atoms with Crippen molar-refractivity contribution in [2.45, 2.75) is 32.7 Å². The van der Waals surface area contributed by atoms with Gasteiger partial charge in [0.25, 0.3) is 0 Å². The van der Waals surface area contributed by atoms with Crippen LogP contribution in [-0.2, 0) is 12.0 Å². The highest BCUT2D eigenvalue weighted by Gasteiger charge is 2.23. The molecule has 0 saturated heterocycles. The smallest absolute Gasteiger partial charge is 0.164 e. The van der Waals surface area contributed by atoms with Crippen LogP contribution in [0.3, 0.4) is 0 Å². The van der Waals surface area contributed by atoms with Crippen molar-refractivity contribution < 1.29 is 0 Å². The first kappa shape index (κ1) is 15.0. The second kappa shape index (κ2) is 5.36. The summed E-state index contributed by atoms with van der Waals surface area (Å²) in [4.78, 5) is 8.46. The molecule has 2 aromatic heterocycles. The van der Waals surface area contributed by atoms with Gasteiger partial charge in [0, 0.05) is 6.42 Å². The Morgan fingerprint density at radius 3 is 2.74 bits per heavy atom. The summed E-state index contributed by atoms with van der Waals surface area (Å²) >= 11 is 0. The SMILES string of the molecule is CC(C)(C)n1nc(Cc2cccc(C#N)c2)c2c(N)ncnc21. The van der Waals surface area contributed by atoms with Crippen LogP contribution in [0.15, 0.2) is 30.6 Å². The van der Waals surface area contributed by atoms with E-state index in [4.69, 9.17) is 16.1 Å². The minimum absolute atomic E-state index is 0.216. The summed E-state index contributed by atoms with van der Waals surface area (Å²) in [7, 11) is 0. The van der Waals surface area contributed by atoms with Crippen LogP contribution in [0.4, 0.5) is 5.82 Å². The maximum absolute atomic E-state index is 9.05. The lowest BCUT2D eigenvalue weighted by atomic mass is 10.1. The predicted molar refractivity (Wildman–Crippen MR) is 88.7 cm³/mol. The summed E-state index contributed by atoms with van der Waals surface area (Å²) in [5, 5.41) is 14.6. The van der Waals surface area contributed by atoms with Gasteiger partial charge in [0.05, 0.1) is 28.3 Å². The molecule has 2 N–H and O–H groups in total. The minimum atomic E-state index is -0.216. The summed E-state index contributed by atoms with van der Waals surface area (Å²) < 4.78 is 1.88. The Hall–Kier alpha value is -2.94. The molecule has 0 fully saturated rings. The van der Waals surface area contributed by atoms with Crippen molar-refractivity contribution in [2.24, 2.45) is 0 Å². The molecular weight excluding hydrogens is 288 g/mol. The molecule has 0 atom stereocenters. The third-order valence-corrected chi connectivity index (χ3v) is 3.63. The average molecular weight is 306 g/mol. The molecule has 6 nitrogen and oxygen atoms in total. The molecule has 0 aliphatic heterocycles. The first-order valence-electron chi connectivity index (χ1n) is 7.38. The van der Waals surface area contributed by atoms with Crippen LogP contribution in [-0.4, -0.2) is 19.7 Å². The molecule has 116 valence electrons. The van der Waals surface area contributed by atoms with E-state index in [1.165, 1.54) is 6.33 Å². The maximum Gasteiger partial charge on any atom is 0.164 e. The quantitative estimate of drug-likeness (QED) is 0.785. The van der Waals surface area contributed by atoms with E-state index < -0.39 is 0 Å². The first-order chi connectivity index (χ1) is 10.9. The molecule has 0 saturated carbocycles. The van der Waals surface area contributed by atoms with Gasteiger partial charge < -0.3 is 5.73 Å². The first-order valence-corrected chi connectivity index (χ1v) is 7.38. The third kappa shape index (κ3) is 2.73. The summed E-state index contributed by atoms with van der Waals surface area (Å²) in [6.45, 7) is 6.20. The molecule has 6 heteroatoms. The van der Waals surface area contributed by atoms with Crippen molar-refractivity contribution in [3.05, 3.63) is 47.4 Å². The number of fused-ring (bicyclic) bond motifs is 1. The highest BCUT2D eigenvalue weighted by molar-refractivity contribution is 5.88. The molecule has 0 radical (unpaired) electrons. The number of nitrogens with zero attached hydrogens (tertiary/aromatic N) is 5. The molecule has 2 heterocycles. The van der Waals surface area contributed by atoms with E-state index in [1.807, 2.05) is 22.9 Å². The van der Waals surface area contributed by atoms with E-state index >= 15 is 0 Å². The number of aromatic nitrogens is 4. The Balaban J connectivity index is 2.16. The largest absolute Gasteiger partial charge is 0.383 e. The molecule has 3 rings (SSSR count). The Morgan fingerprint density at radius 1 is 1.26 bits per heavy atom. The van der Waals surface area contributed by atoms with E-state index in [0.717, 1.165) is 22.3 Å². The summed E-state index contributed by atoms with van der Waals surface area (Å²) in [5.41, 5.74) is 9.04. The van der Waals surface area contributed by atoms with Gasteiger partial charge in [-0.1, -0.05) is 12.1 Å². The number of nitriles is 1. The van der Waals surface area contributed by atoms with Crippen LogP contribution in [0.1, 0.15) is 37.6 Å². The number of nitrogens with two attached hydrogens (primary N) is 1. The van der Waals surface area contributed by atoms with Crippen molar-refractivity contribution in [3.63, 3.8) is 0 Å². The van der Waals surface area contributed by atoms with Gasteiger partial charge in [-0.05, 0) is 38.5 Å². The molecule has 0 aliphatic carbocycles. The number of nitrogen functional groups attached to an aromatic ring is 1. The van der Waals surface area contributed by atoms with Crippen LogP contribution in [0.25, 0.3) is 11.0 Å². The maximum atomic E-state index is 9.05. The summed E-state index contributed by atoms with van der Waals surface area (Å²) in [5.74, 6) is 0.428. The van der Waals surface area contributed by atoms with Gasteiger partial charge in [-0.3, -0.25) is 0 Å². The zero-order valence-electron chi connectivity index (χ0n) is 13.4. The number of anilines is 1. The standard InChI is InChI=1S/C17H18N6/c1-17(2,3)23-16-14(15(19)20-10-21-16)13(22-23)8-11-5-4-6-12(7-11)9-18/h4-7,10H,8H2,1-3H3,(H2,19,20,21). The van der Waals surface area contributed by atoms with Crippen LogP contribution in [0.5, 0.6) is 0 Å². The lowest BCUT2D eigenvalue weighted by Crippen LogP contribution is -2.23. The van der Waals surface area contributed by atoms with Gasteiger partial charge >= 0.3 is 0 Å². The van der Waals surface area contributed by atoms with Crippen molar-refractivity contribution in [1.29, 1.82) is 5.26 Å². The van der Waals surface area contributed by atoms with Crippen molar-refractivity contribution >= 4 is 16.9 Å². The second-order valence-corrected chi connectivity index (χ2v) is 6.48. The second-order valence-electron chi connectivity index (χ2n) is 6.48. The predicted octanol–water partition coefficient (Wildman–Crippen LogP) is 2.63. The molecule has 23 heavy (non-hydrogen) atoms. The molecule has 3 aromatic rings. The van der Waals surface area contributed by atoms with Gasteiger partial charge in [0.15, 0.2) is 5.65 Å². The monoisotopic (exact) mass is 306 g/mol. The highest BCUT2D eigenvalue weighted by atomic mass is 15.3. The molecular formula is C17H18N6. The normalized spacial score (nSPS) is 11.6. The summed E-state index contributed by atoms with van der Waals surface area (Å²) in [6, 6.07) is 9.65. The Morgan fingerprint density at radius 2 is 2.04 bits per heavy atom. The molecule has 0 spiro atoms. The number of rotatable bonds is 2. The number of hydrogen-bond donors (Lipinski definition) is 1. The van der Waals surface area contributed by atoms with Crippen LogP contribution in [0.2, 0.25) is 0 Å². The van der Waals surface area contributed by atoms with Gasteiger partial charge in [-0.2, -0.15) is 10.4 Å². The van der Waals surface area contributed by atoms with Gasteiger partial charge in [0.2, 0.25) is 0 Å². The highest BCUT2D eigenvalue weighted by Crippen LogP contribution is 2.27. The van der Waals surface area contributed by atoms with Crippen LogP contribution < -0.4 is 5.73 Å². The van der Waals surface area contributed by atoms with Crippen molar-refractivity contribution in [3.8, 4) is 6.07 Å². The Bertz CT molecular complexity index is 911. The molecule has 0 bridgehead atoms. The van der Waals surface area contributed by atoms with Gasteiger partial charge in [-0.25, -0.2) is 14.6 Å². The topological polar surface area (TPSA) is 93.4 Å². The number of benzene rings is 1. The van der Waals surface area contributed by atoms with Crippen molar-refractivity contribution in [2.75, 3.05) is 5.73 Å². The van der Waals surface area contributed by atoms with E-state index in [-0.39, 0.29) is 5.54 Å². The van der Waals surface area contributed by atoms with E-state index in [1.54, 1.807) is 6.07 Å². The zero-order chi connectivity index (χ0) is 16.6. The van der Waals surface area contributed by atoms with Crippen LogP contribution in [0, 0.1) is 11.3 Å². The fourth-order valence-electron chi connectivity index (χ4n) is 2.58. The van der Waals surface area contributed by atoms with Crippen molar-refractivity contribution in [1.82, 2.24) is 19.7 Å². The lowest BCUT2D eigenvalue weighted by Gasteiger charge is -2.19. The van der Waals surface area contributed by atoms with E-state index in [2.05, 4.69) is 36.8 Å². The third-order valence-electron chi connectivity index (χ3n) is 3.63.